The van der Waals surface area contributed by atoms with Crippen LogP contribution < -0.4 is 5.56 Å². The van der Waals surface area contributed by atoms with E-state index in [2.05, 4.69) is 20.3 Å². The van der Waals surface area contributed by atoms with Crippen molar-refractivity contribution in [2.45, 2.75) is 6.92 Å². The van der Waals surface area contributed by atoms with Gasteiger partial charge in [0.2, 0.25) is 5.84 Å². The van der Waals surface area contributed by atoms with Gasteiger partial charge in [-0.1, -0.05) is 66.2 Å². The van der Waals surface area contributed by atoms with E-state index in [0.29, 0.717) is 33.0 Å². The summed E-state index contributed by atoms with van der Waals surface area (Å²) in [5, 5.41) is 13.9. The van der Waals surface area contributed by atoms with Crippen LogP contribution >= 0.6 is 11.6 Å². The number of halogens is 1. The molecule has 0 unspecified atom stereocenters. The number of amidine groups is 1. The molecule has 1 aromatic heterocycles. The highest BCUT2D eigenvalue weighted by atomic mass is 35.5. The lowest BCUT2D eigenvalue weighted by atomic mass is 10.2. The molecule has 0 aliphatic carbocycles. The lowest BCUT2D eigenvalue weighted by molar-refractivity contribution is 0.764. The Labute approximate surface area is 171 Å². The first-order chi connectivity index (χ1) is 14.1. The minimum Gasteiger partial charge on any atom is -0.267 e. The van der Waals surface area contributed by atoms with Crippen LogP contribution in [-0.2, 0) is 0 Å². The van der Waals surface area contributed by atoms with Gasteiger partial charge in [-0.05, 0) is 31.2 Å². The highest BCUT2D eigenvalue weighted by Crippen LogP contribution is 2.24. The van der Waals surface area contributed by atoms with Gasteiger partial charge in [-0.3, -0.25) is 4.79 Å². The number of para-hydroxylation sites is 1. The third-order valence-electron chi connectivity index (χ3n) is 4.25. The largest absolute Gasteiger partial charge is 0.282 e. The molecule has 0 N–H and O–H groups in total. The minimum atomic E-state index is -0.269. The van der Waals surface area contributed by atoms with Crippen LogP contribution in [0.5, 0.6) is 0 Å². The number of benzene rings is 3. The van der Waals surface area contributed by atoms with Crippen LogP contribution in [0.25, 0.3) is 10.9 Å². The van der Waals surface area contributed by atoms with Crippen LogP contribution in [0.4, 0.5) is 5.69 Å². The van der Waals surface area contributed by atoms with Crippen LogP contribution in [0.3, 0.4) is 0 Å². The summed E-state index contributed by atoms with van der Waals surface area (Å²) >= 11 is 6.17. The highest BCUT2D eigenvalue weighted by Gasteiger charge is 2.10. The van der Waals surface area contributed by atoms with E-state index in [4.69, 9.17) is 11.6 Å². The molecule has 4 aromatic rings. The fourth-order valence-corrected chi connectivity index (χ4v) is 2.98. The molecule has 7 heteroatoms. The molecule has 0 aliphatic heterocycles. The maximum atomic E-state index is 13.0. The van der Waals surface area contributed by atoms with Crippen molar-refractivity contribution in [1.82, 2.24) is 9.66 Å². The Bertz CT molecular complexity index is 1300. The van der Waals surface area contributed by atoms with E-state index in [1.54, 1.807) is 37.3 Å². The first kappa shape index (κ1) is 18.7. The lowest BCUT2D eigenvalue weighted by Crippen LogP contribution is -2.22. The van der Waals surface area contributed by atoms with E-state index in [1.165, 1.54) is 4.68 Å². The number of hydrogen-bond donors (Lipinski definition) is 0. The Morgan fingerprint density at radius 1 is 0.931 bits per heavy atom. The second-order valence-corrected chi connectivity index (χ2v) is 6.64. The Balaban J connectivity index is 1.88. The number of aryl methyl sites for hydroxylation is 1. The number of nitrogens with zero attached hydrogens (tertiary/aromatic N) is 5. The topological polar surface area (TPSA) is 72.0 Å². The van der Waals surface area contributed by atoms with Crippen molar-refractivity contribution in [1.29, 1.82) is 0 Å². The normalized spacial score (nSPS) is 12.0. The number of aromatic nitrogens is 2. The Kier molecular flexibility index (Phi) is 5.27. The second-order valence-electron chi connectivity index (χ2n) is 6.23. The van der Waals surface area contributed by atoms with E-state index in [-0.39, 0.29) is 11.4 Å². The lowest BCUT2D eigenvalue weighted by Gasteiger charge is -2.07. The average Bonchev–Trinajstić information content (AvgIpc) is 2.75. The fourth-order valence-electron chi connectivity index (χ4n) is 2.80. The van der Waals surface area contributed by atoms with Gasteiger partial charge in [0, 0.05) is 5.56 Å². The molecule has 0 fully saturated rings. The van der Waals surface area contributed by atoms with E-state index in [9.17, 15) is 4.79 Å². The van der Waals surface area contributed by atoms with E-state index >= 15 is 0 Å². The van der Waals surface area contributed by atoms with Gasteiger partial charge in [0.1, 0.15) is 11.5 Å². The van der Waals surface area contributed by atoms with Crippen molar-refractivity contribution in [2.75, 3.05) is 0 Å². The van der Waals surface area contributed by atoms with Gasteiger partial charge in [-0.25, -0.2) is 4.98 Å². The molecule has 142 valence electrons. The van der Waals surface area contributed by atoms with Crippen molar-refractivity contribution in [3.05, 3.63) is 106 Å². The summed E-state index contributed by atoms with van der Waals surface area (Å²) in [6.07, 6.45) is 0. The molecule has 0 radical (unpaired) electrons. The van der Waals surface area contributed by atoms with Crippen LogP contribution in [0.1, 0.15) is 11.4 Å². The standard InChI is InChI=1S/C22H16ClN5O/c1-15-24-19-13-7-5-11-17(19)22(29)28(15)27-21(16-9-3-2-4-10-16)26-25-20-14-8-6-12-18(20)23/h2-14H,1H3/b26-25?,27-21+. The molecular weight excluding hydrogens is 386 g/mol. The van der Waals surface area contributed by atoms with Gasteiger partial charge in [0.25, 0.3) is 5.56 Å². The summed E-state index contributed by atoms with van der Waals surface area (Å²) in [6, 6.07) is 23.6. The Hall–Kier alpha value is -3.64. The number of hydrogen-bond acceptors (Lipinski definition) is 4. The van der Waals surface area contributed by atoms with Crippen LogP contribution in [0, 0.1) is 6.92 Å². The van der Waals surface area contributed by atoms with Gasteiger partial charge in [-0.2, -0.15) is 4.68 Å². The summed E-state index contributed by atoms with van der Waals surface area (Å²) < 4.78 is 1.25. The van der Waals surface area contributed by atoms with Gasteiger partial charge in [0.15, 0.2) is 0 Å². The maximum absolute atomic E-state index is 13.0. The smallest absolute Gasteiger partial charge is 0.267 e. The number of rotatable bonds is 3. The number of fused-ring (bicyclic) bond motifs is 1. The molecule has 0 saturated carbocycles. The van der Waals surface area contributed by atoms with Crippen LogP contribution in [0.2, 0.25) is 5.02 Å². The highest BCUT2D eigenvalue weighted by molar-refractivity contribution is 6.32. The zero-order valence-electron chi connectivity index (χ0n) is 15.5. The molecule has 1 heterocycles. The van der Waals surface area contributed by atoms with Crippen LogP contribution in [0.15, 0.2) is 99.0 Å². The molecule has 0 bridgehead atoms. The molecule has 4 rings (SSSR count). The monoisotopic (exact) mass is 401 g/mol. The van der Waals surface area contributed by atoms with Crippen molar-refractivity contribution in [2.24, 2.45) is 15.3 Å². The van der Waals surface area contributed by atoms with Gasteiger partial charge < -0.3 is 0 Å². The molecule has 0 saturated heterocycles. The summed E-state index contributed by atoms with van der Waals surface area (Å²) in [7, 11) is 0. The first-order valence-corrected chi connectivity index (χ1v) is 9.30. The SMILES string of the molecule is Cc1nc2ccccc2c(=O)n1/N=C(/N=Nc1ccccc1Cl)c1ccccc1. The van der Waals surface area contributed by atoms with Crippen molar-refractivity contribution in [3.8, 4) is 0 Å². The van der Waals surface area contributed by atoms with Crippen molar-refractivity contribution < 1.29 is 0 Å². The first-order valence-electron chi connectivity index (χ1n) is 8.92. The van der Waals surface area contributed by atoms with Crippen LogP contribution in [-0.4, -0.2) is 15.5 Å². The average molecular weight is 402 g/mol. The summed E-state index contributed by atoms with van der Waals surface area (Å²) in [4.78, 5) is 17.4. The van der Waals surface area contributed by atoms with Gasteiger partial charge >= 0.3 is 0 Å². The zero-order valence-corrected chi connectivity index (χ0v) is 16.3. The summed E-state index contributed by atoms with van der Waals surface area (Å²) in [6.45, 7) is 1.73. The molecule has 29 heavy (non-hydrogen) atoms. The maximum Gasteiger partial charge on any atom is 0.282 e. The quantitative estimate of drug-likeness (QED) is 0.263. The fraction of sp³-hybridized carbons (Fsp3) is 0.0455. The summed E-state index contributed by atoms with van der Waals surface area (Å²) in [5.74, 6) is 0.725. The molecular formula is C22H16ClN5O. The molecule has 3 aromatic carbocycles. The number of azo groups is 1. The molecule has 0 atom stereocenters. The van der Waals surface area contributed by atoms with Crippen molar-refractivity contribution in [3.63, 3.8) is 0 Å². The van der Waals surface area contributed by atoms with Gasteiger partial charge in [0.05, 0.1) is 15.9 Å². The molecule has 0 amide bonds. The Morgan fingerprint density at radius 3 is 2.41 bits per heavy atom. The Morgan fingerprint density at radius 2 is 1.62 bits per heavy atom. The van der Waals surface area contributed by atoms with Crippen molar-refractivity contribution >= 4 is 34.0 Å². The zero-order chi connectivity index (χ0) is 20.2. The van der Waals surface area contributed by atoms with Gasteiger partial charge in [-0.15, -0.1) is 15.3 Å². The second kappa shape index (κ2) is 8.16. The third kappa shape index (κ3) is 3.97. The van der Waals surface area contributed by atoms with E-state index in [0.717, 1.165) is 0 Å². The summed E-state index contributed by atoms with van der Waals surface area (Å²) in [5.41, 5.74) is 1.58. The minimum absolute atomic E-state index is 0.269. The predicted molar refractivity (Wildman–Crippen MR) is 115 cm³/mol. The van der Waals surface area contributed by atoms with E-state index in [1.807, 2.05) is 48.5 Å². The predicted octanol–water partition coefficient (Wildman–Crippen LogP) is 5.35. The van der Waals surface area contributed by atoms with E-state index < -0.39 is 0 Å². The molecule has 6 nitrogen and oxygen atoms in total. The molecule has 0 spiro atoms. The third-order valence-corrected chi connectivity index (χ3v) is 4.57. The molecule has 0 aliphatic rings.